The standard InChI is InChI=1S/C16H24FN3O/c1-2-7-19-10-12-5-6-15(14(17)9-12)20-8-3-4-13(11-20)16(18)21/h5-6,9,13,19H,2-4,7-8,10-11H2,1H3,(H2,18,21). The van der Waals surface area contributed by atoms with E-state index in [1.54, 1.807) is 6.07 Å². The van der Waals surface area contributed by atoms with Crippen LogP contribution in [0.25, 0.3) is 0 Å². The van der Waals surface area contributed by atoms with Gasteiger partial charge in [-0.25, -0.2) is 4.39 Å². The lowest BCUT2D eigenvalue weighted by molar-refractivity contribution is -0.122. The molecule has 1 aromatic carbocycles. The van der Waals surface area contributed by atoms with Gasteiger partial charge >= 0.3 is 0 Å². The topological polar surface area (TPSA) is 58.4 Å². The van der Waals surface area contributed by atoms with Crippen LogP contribution in [0.1, 0.15) is 31.7 Å². The highest BCUT2D eigenvalue weighted by Crippen LogP contribution is 2.26. The number of halogens is 1. The Labute approximate surface area is 125 Å². The lowest BCUT2D eigenvalue weighted by Crippen LogP contribution is -2.41. The van der Waals surface area contributed by atoms with Gasteiger partial charge in [-0.05, 0) is 43.5 Å². The highest BCUT2D eigenvalue weighted by atomic mass is 19.1. The Morgan fingerprint density at radius 3 is 3.00 bits per heavy atom. The molecule has 1 fully saturated rings. The van der Waals surface area contributed by atoms with Crippen LogP contribution in [0.15, 0.2) is 18.2 Å². The summed E-state index contributed by atoms with van der Waals surface area (Å²) in [6, 6.07) is 5.32. The molecule has 1 saturated heterocycles. The number of hydrogen-bond acceptors (Lipinski definition) is 3. The third-order valence-corrected chi connectivity index (χ3v) is 3.93. The first-order valence-electron chi connectivity index (χ1n) is 7.65. The van der Waals surface area contributed by atoms with Gasteiger partial charge in [0.15, 0.2) is 0 Å². The monoisotopic (exact) mass is 293 g/mol. The Morgan fingerprint density at radius 2 is 2.33 bits per heavy atom. The Balaban J connectivity index is 2.04. The van der Waals surface area contributed by atoms with Gasteiger partial charge in [0, 0.05) is 19.6 Å². The fourth-order valence-electron chi connectivity index (χ4n) is 2.75. The lowest BCUT2D eigenvalue weighted by atomic mass is 9.97. The molecule has 0 radical (unpaired) electrons. The molecule has 0 bridgehead atoms. The number of carbonyl (C=O) groups excluding carboxylic acids is 1. The Hall–Kier alpha value is -1.62. The number of carbonyl (C=O) groups is 1. The normalized spacial score (nSPS) is 18.8. The van der Waals surface area contributed by atoms with Crippen molar-refractivity contribution in [2.75, 3.05) is 24.5 Å². The van der Waals surface area contributed by atoms with Gasteiger partial charge in [-0.15, -0.1) is 0 Å². The van der Waals surface area contributed by atoms with E-state index in [0.717, 1.165) is 37.9 Å². The molecular formula is C16H24FN3O. The molecule has 116 valence electrons. The van der Waals surface area contributed by atoms with Gasteiger partial charge < -0.3 is 16.0 Å². The Kier molecular flexibility index (Phi) is 5.56. The van der Waals surface area contributed by atoms with Crippen molar-refractivity contribution < 1.29 is 9.18 Å². The summed E-state index contributed by atoms with van der Waals surface area (Å²) in [5, 5.41) is 3.26. The average Bonchev–Trinajstić information content (AvgIpc) is 2.48. The summed E-state index contributed by atoms with van der Waals surface area (Å²) >= 11 is 0. The molecule has 0 aliphatic carbocycles. The van der Waals surface area contributed by atoms with E-state index in [2.05, 4.69) is 12.2 Å². The van der Waals surface area contributed by atoms with E-state index >= 15 is 0 Å². The van der Waals surface area contributed by atoms with Crippen LogP contribution in [0.3, 0.4) is 0 Å². The highest BCUT2D eigenvalue weighted by Gasteiger charge is 2.25. The molecule has 1 aromatic rings. The minimum absolute atomic E-state index is 0.177. The quantitative estimate of drug-likeness (QED) is 0.789. The maximum Gasteiger partial charge on any atom is 0.222 e. The molecule has 4 nitrogen and oxygen atoms in total. The summed E-state index contributed by atoms with van der Waals surface area (Å²) in [7, 11) is 0. The van der Waals surface area contributed by atoms with Crippen molar-refractivity contribution in [2.45, 2.75) is 32.7 Å². The third-order valence-electron chi connectivity index (χ3n) is 3.93. The number of hydrogen-bond donors (Lipinski definition) is 2. The number of amides is 1. The maximum absolute atomic E-state index is 14.3. The lowest BCUT2D eigenvalue weighted by Gasteiger charge is -2.33. The number of primary amides is 1. The molecule has 21 heavy (non-hydrogen) atoms. The minimum Gasteiger partial charge on any atom is -0.369 e. The molecule has 0 saturated carbocycles. The predicted octanol–water partition coefficient (Wildman–Crippen LogP) is 2.03. The molecule has 0 spiro atoms. The maximum atomic E-state index is 14.3. The van der Waals surface area contributed by atoms with E-state index in [0.29, 0.717) is 18.8 Å². The zero-order valence-corrected chi connectivity index (χ0v) is 12.6. The van der Waals surface area contributed by atoms with Crippen molar-refractivity contribution in [3.8, 4) is 0 Å². The van der Waals surface area contributed by atoms with Gasteiger partial charge in [-0.2, -0.15) is 0 Å². The van der Waals surface area contributed by atoms with Crippen LogP contribution in [-0.2, 0) is 11.3 Å². The van der Waals surface area contributed by atoms with E-state index in [-0.39, 0.29) is 17.6 Å². The number of benzene rings is 1. The summed E-state index contributed by atoms with van der Waals surface area (Å²) in [4.78, 5) is 13.2. The first-order valence-corrected chi connectivity index (χ1v) is 7.65. The van der Waals surface area contributed by atoms with Crippen LogP contribution < -0.4 is 16.0 Å². The third kappa shape index (κ3) is 4.17. The molecule has 0 aromatic heterocycles. The van der Waals surface area contributed by atoms with Crippen molar-refractivity contribution in [3.05, 3.63) is 29.6 Å². The summed E-state index contributed by atoms with van der Waals surface area (Å²) in [5.41, 5.74) is 6.88. The van der Waals surface area contributed by atoms with Gasteiger partial charge in [0.1, 0.15) is 5.82 Å². The second kappa shape index (κ2) is 7.41. The fourth-order valence-corrected chi connectivity index (χ4v) is 2.75. The fraction of sp³-hybridized carbons (Fsp3) is 0.562. The van der Waals surface area contributed by atoms with Gasteiger partial charge in [0.25, 0.3) is 0 Å². The molecule has 1 amide bonds. The summed E-state index contributed by atoms with van der Waals surface area (Å²) in [6.07, 6.45) is 2.72. The SMILES string of the molecule is CCCNCc1ccc(N2CCCC(C(N)=O)C2)c(F)c1. The van der Waals surface area contributed by atoms with Crippen LogP contribution >= 0.6 is 0 Å². The van der Waals surface area contributed by atoms with E-state index in [4.69, 9.17) is 5.73 Å². The number of nitrogens with two attached hydrogens (primary N) is 1. The molecule has 1 aliphatic rings. The summed E-state index contributed by atoms with van der Waals surface area (Å²) in [5.74, 6) is -0.694. The molecule has 1 heterocycles. The first-order chi connectivity index (χ1) is 10.1. The number of piperidine rings is 1. The smallest absolute Gasteiger partial charge is 0.222 e. The van der Waals surface area contributed by atoms with Crippen molar-refractivity contribution >= 4 is 11.6 Å². The van der Waals surface area contributed by atoms with Crippen molar-refractivity contribution in [1.29, 1.82) is 0 Å². The Bertz CT molecular complexity index is 492. The van der Waals surface area contributed by atoms with Crippen LogP contribution in [0.2, 0.25) is 0 Å². The number of nitrogens with one attached hydrogen (secondary N) is 1. The van der Waals surface area contributed by atoms with Gasteiger partial charge in [0.2, 0.25) is 5.91 Å². The second-order valence-electron chi connectivity index (χ2n) is 5.65. The first kappa shape index (κ1) is 15.8. The van der Waals surface area contributed by atoms with Crippen molar-refractivity contribution in [3.63, 3.8) is 0 Å². The van der Waals surface area contributed by atoms with Crippen LogP contribution in [0.4, 0.5) is 10.1 Å². The molecule has 1 aliphatic heterocycles. The van der Waals surface area contributed by atoms with Crippen LogP contribution in [-0.4, -0.2) is 25.5 Å². The van der Waals surface area contributed by atoms with Gasteiger partial charge in [0.05, 0.1) is 11.6 Å². The van der Waals surface area contributed by atoms with E-state index in [1.165, 1.54) is 0 Å². The highest BCUT2D eigenvalue weighted by molar-refractivity contribution is 5.77. The van der Waals surface area contributed by atoms with E-state index in [9.17, 15) is 9.18 Å². The zero-order valence-electron chi connectivity index (χ0n) is 12.6. The molecule has 1 unspecified atom stereocenters. The number of nitrogens with zero attached hydrogens (tertiary/aromatic N) is 1. The molecule has 1 atom stereocenters. The number of rotatable bonds is 6. The minimum atomic E-state index is -0.291. The van der Waals surface area contributed by atoms with E-state index in [1.807, 2.05) is 17.0 Å². The molecule has 3 N–H and O–H groups in total. The average molecular weight is 293 g/mol. The van der Waals surface area contributed by atoms with Crippen molar-refractivity contribution in [2.24, 2.45) is 11.7 Å². The molecular weight excluding hydrogens is 269 g/mol. The van der Waals surface area contributed by atoms with Gasteiger partial charge in [-0.1, -0.05) is 13.0 Å². The van der Waals surface area contributed by atoms with Crippen LogP contribution in [0.5, 0.6) is 0 Å². The van der Waals surface area contributed by atoms with Gasteiger partial charge in [-0.3, -0.25) is 4.79 Å². The zero-order chi connectivity index (χ0) is 15.2. The van der Waals surface area contributed by atoms with E-state index < -0.39 is 0 Å². The second-order valence-corrected chi connectivity index (χ2v) is 5.65. The number of anilines is 1. The summed E-state index contributed by atoms with van der Waals surface area (Å²) < 4.78 is 14.3. The molecule has 5 heteroatoms. The predicted molar refractivity (Wildman–Crippen MR) is 82.5 cm³/mol. The molecule has 2 rings (SSSR count). The van der Waals surface area contributed by atoms with Crippen LogP contribution in [0, 0.1) is 11.7 Å². The largest absolute Gasteiger partial charge is 0.369 e. The summed E-state index contributed by atoms with van der Waals surface area (Å²) in [6.45, 7) is 4.99. The van der Waals surface area contributed by atoms with Crippen molar-refractivity contribution in [1.82, 2.24) is 5.32 Å². The Morgan fingerprint density at radius 1 is 1.52 bits per heavy atom.